The fraction of sp³-hybridized carbons (Fsp3) is 0.400. The van der Waals surface area contributed by atoms with E-state index in [9.17, 15) is 4.79 Å². The number of fused-ring (bicyclic) bond motifs is 1. The van der Waals surface area contributed by atoms with Gasteiger partial charge in [0.1, 0.15) is 5.75 Å². The van der Waals surface area contributed by atoms with Crippen LogP contribution in [-0.4, -0.2) is 55.0 Å². The Balaban J connectivity index is 1.40. The predicted molar refractivity (Wildman–Crippen MR) is 122 cm³/mol. The zero-order valence-electron chi connectivity index (χ0n) is 17.5. The van der Waals surface area contributed by atoms with Crippen LogP contribution in [0.2, 0.25) is 0 Å². The van der Waals surface area contributed by atoms with E-state index >= 15 is 0 Å². The summed E-state index contributed by atoms with van der Waals surface area (Å²) in [6.45, 7) is 3.45. The van der Waals surface area contributed by atoms with Crippen molar-refractivity contribution in [2.75, 3.05) is 33.3 Å². The average molecular weight is 425 g/mol. The van der Waals surface area contributed by atoms with Crippen LogP contribution in [0.3, 0.4) is 0 Å². The Kier molecular flexibility index (Phi) is 6.76. The zero-order chi connectivity index (χ0) is 20.9. The number of nitrogens with zero attached hydrogens (tertiary/aromatic N) is 2. The molecule has 0 saturated carbocycles. The van der Waals surface area contributed by atoms with Crippen molar-refractivity contribution < 1.29 is 9.53 Å². The van der Waals surface area contributed by atoms with Crippen molar-refractivity contribution in [1.82, 2.24) is 9.80 Å². The number of hydrogen-bond acceptors (Lipinski definition) is 3. The third-order valence-electron chi connectivity index (χ3n) is 6.26. The normalized spacial score (nSPS) is 22.5. The lowest BCUT2D eigenvalue weighted by Gasteiger charge is -2.47. The number of amides is 1. The van der Waals surface area contributed by atoms with Crippen molar-refractivity contribution in [3.63, 3.8) is 0 Å². The lowest BCUT2D eigenvalue weighted by molar-refractivity contribution is 0.0257. The van der Waals surface area contributed by atoms with Crippen LogP contribution >= 0.6 is 11.6 Å². The van der Waals surface area contributed by atoms with E-state index in [1.165, 1.54) is 6.42 Å². The molecule has 0 spiro atoms. The third kappa shape index (κ3) is 4.88. The number of piperidine rings is 2. The summed E-state index contributed by atoms with van der Waals surface area (Å²) in [6, 6.07) is 18.2. The standard InChI is InChI=1S/C25H29ClN2O2/c1-30-23-11-5-9-20(16-23)25(29)28-14-12-24-21(17-28)10-6-13-27(24)18-22(26)15-19-7-3-2-4-8-19/h2-5,7-9,11,15-16,21,24H,6,10,12-14,17-18H2,1H3/b22-15-/t21-,24-/m1/s1. The smallest absolute Gasteiger partial charge is 0.253 e. The Morgan fingerprint density at radius 1 is 1.13 bits per heavy atom. The van der Waals surface area contributed by atoms with Gasteiger partial charge in [-0.15, -0.1) is 0 Å². The predicted octanol–water partition coefficient (Wildman–Crippen LogP) is 4.90. The second-order valence-electron chi connectivity index (χ2n) is 8.21. The largest absolute Gasteiger partial charge is 0.497 e. The van der Waals surface area contributed by atoms with Crippen molar-refractivity contribution in [3.05, 3.63) is 70.8 Å². The number of ether oxygens (including phenoxy) is 1. The third-order valence-corrected chi connectivity index (χ3v) is 6.49. The maximum Gasteiger partial charge on any atom is 0.253 e. The van der Waals surface area contributed by atoms with Crippen LogP contribution in [0.15, 0.2) is 59.6 Å². The quantitative estimate of drug-likeness (QED) is 0.684. The molecule has 2 saturated heterocycles. The summed E-state index contributed by atoms with van der Waals surface area (Å²) in [7, 11) is 1.63. The second-order valence-corrected chi connectivity index (χ2v) is 8.70. The Bertz CT molecular complexity index is 899. The molecule has 30 heavy (non-hydrogen) atoms. The minimum Gasteiger partial charge on any atom is -0.497 e. The van der Waals surface area contributed by atoms with E-state index in [-0.39, 0.29) is 5.91 Å². The van der Waals surface area contributed by atoms with Crippen LogP contribution in [0.4, 0.5) is 0 Å². The Morgan fingerprint density at radius 3 is 2.77 bits per heavy atom. The van der Waals surface area contributed by atoms with Gasteiger partial charge in [0, 0.05) is 36.3 Å². The van der Waals surface area contributed by atoms with E-state index in [0.717, 1.165) is 55.4 Å². The molecule has 4 rings (SSSR count). The van der Waals surface area contributed by atoms with Crippen molar-refractivity contribution in [2.24, 2.45) is 5.92 Å². The number of carbonyl (C=O) groups is 1. The molecular formula is C25H29ClN2O2. The number of benzene rings is 2. The van der Waals surface area contributed by atoms with Gasteiger partial charge < -0.3 is 9.64 Å². The van der Waals surface area contributed by atoms with Crippen LogP contribution in [0.5, 0.6) is 5.75 Å². The molecule has 5 heteroatoms. The first-order chi connectivity index (χ1) is 14.6. The average Bonchev–Trinajstić information content (AvgIpc) is 2.79. The van der Waals surface area contributed by atoms with Crippen molar-refractivity contribution in [1.29, 1.82) is 0 Å². The highest BCUT2D eigenvalue weighted by Crippen LogP contribution is 2.32. The minimum absolute atomic E-state index is 0.103. The van der Waals surface area contributed by atoms with Crippen molar-refractivity contribution in [2.45, 2.75) is 25.3 Å². The molecule has 2 aromatic rings. The monoisotopic (exact) mass is 424 g/mol. The summed E-state index contributed by atoms with van der Waals surface area (Å²) in [6.07, 6.45) is 5.38. The van der Waals surface area contributed by atoms with E-state index in [1.807, 2.05) is 47.4 Å². The number of rotatable bonds is 5. The van der Waals surface area contributed by atoms with Gasteiger partial charge in [-0.05, 0) is 61.6 Å². The van der Waals surface area contributed by atoms with Gasteiger partial charge in [-0.25, -0.2) is 0 Å². The van der Waals surface area contributed by atoms with Crippen LogP contribution < -0.4 is 4.74 Å². The van der Waals surface area contributed by atoms with Gasteiger partial charge in [-0.3, -0.25) is 9.69 Å². The van der Waals surface area contributed by atoms with Gasteiger partial charge in [0.15, 0.2) is 0 Å². The first-order valence-electron chi connectivity index (χ1n) is 10.7. The second kappa shape index (κ2) is 9.67. The number of likely N-dealkylation sites (tertiary alicyclic amines) is 2. The molecule has 158 valence electrons. The Hall–Kier alpha value is -2.30. The van der Waals surface area contributed by atoms with E-state index in [4.69, 9.17) is 16.3 Å². The summed E-state index contributed by atoms with van der Waals surface area (Å²) in [5.41, 5.74) is 1.84. The lowest BCUT2D eigenvalue weighted by atomic mass is 9.83. The molecule has 2 atom stereocenters. The Morgan fingerprint density at radius 2 is 1.97 bits per heavy atom. The molecule has 4 nitrogen and oxygen atoms in total. The molecule has 0 aliphatic carbocycles. The number of carbonyl (C=O) groups excluding carboxylic acids is 1. The summed E-state index contributed by atoms with van der Waals surface area (Å²) in [5, 5.41) is 0.872. The van der Waals surface area contributed by atoms with E-state index < -0.39 is 0 Å². The molecule has 0 bridgehead atoms. The Labute approximate surface area is 184 Å². The highest BCUT2D eigenvalue weighted by molar-refractivity contribution is 6.31. The summed E-state index contributed by atoms with van der Waals surface area (Å²) in [4.78, 5) is 17.6. The van der Waals surface area contributed by atoms with Gasteiger partial charge in [0.05, 0.1) is 7.11 Å². The van der Waals surface area contributed by atoms with Gasteiger partial charge >= 0.3 is 0 Å². The fourth-order valence-electron chi connectivity index (χ4n) is 4.80. The fourth-order valence-corrected chi connectivity index (χ4v) is 5.08. The van der Waals surface area contributed by atoms with Gasteiger partial charge in [-0.1, -0.05) is 48.0 Å². The molecule has 2 aliphatic rings. The van der Waals surface area contributed by atoms with Crippen molar-refractivity contribution in [3.8, 4) is 5.75 Å². The maximum atomic E-state index is 13.0. The van der Waals surface area contributed by atoms with Gasteiger partial charge in [0.2, 0.25) is 0 Å². The molecule has 0 unspecified atom stereocenters. The van der Waals surface area contributed by atoms with E-state index in [2.05, 4.69) is 23.1 Å². The van der Waals surface area contributed by atoms with Gasteiger partial charge in [-0.2, -0.15) is 0 Å². The summed E-state index contributed by atoms with van der Waals surface area (Å²) >= 11 is 6.61. The molecular weight excluding hydrogens is 396 g/mol. The number of methoxy groups -OCH3 is 1. The SMILES string of the molecule is COc1cccc(C(=O)N2CC[C@@H]3[C@H](CCCN3C/C(Cl)=C/c3ccccc3)C2)c1. The molecule has 1 amide bonds. The first kappa shape index (κ1) is 21.0. The molecule has 2 heterocycles. The van der Waals surface area contributed by atoms with Gasteiger partial charge in [0.25, 0.3) is 5.91 Å². The van der Waals surface area contributed by atoms with E-state index in [0.29, 0.717) is 17.5 Å². The van der Waals surface area contributed by atoms with Crippen LogP contribution in [-0.2, 0) is 0 Å². The number of halogens is 1. The van der Waals surface area contributed by atoms with Crippen LogP contribution in [0, 0.1) is 5.92 Å². The molecule has 2 fully saturated rings. The van der Waals surface area contributed by atoms with E-state index in [1.54, 1.807) is 7.11 Å². The van der Waals surface area contributed by atoms with Crippen molar-refractivity contribution >= 4 is 23.6 Å². The summed E-state index contributed by atoms with van der Waals surface area (Å²) < 4.78 is 5.28. The topological polar surface area (TPSA) is 32.8 Å². The lowest BCUT2D eigenvalue weighted by Crippen LogP contribution is -2.55. The van der Waals surface area contributed by atoms with Crippen LogP contribution in [0.25, 0.3) is 6.08 Å². The highest BCUT2D eigenvalue weighted by atomic mass is 35.5. The highest BCUT2D eigenvalue weighted by Gasteiger charge is 2.37. The molecule has 0 N–H and O–H groups in total. The molecule has 2 aliphatic heterocycles. The number of hydrogen-bond donors (Lipinski definition) is 0. The molecule has 0 radical (unpaired) electrons. The summed E-state index contributed by atoms with van der Waals surface area (Å²) in [5.74, 6) is 1.33. The first-order valence-corrected chi connectivity index (χ1v) is 11.1. The minimum atomic E-state index is 0.103. The maximum absolute atomic E-state index is 13.0. The molecule has 0 aromatic heterocycles. The molecule has 2 aromatic carbocycles. The van der Waals surface area contributed by atoms with Crippen LogP contribution in [0.1, 0.15) is 35.2 Å². The zero-order valence-corrected chi connectivity index (χ0v) is 18.2.